The summed E-state index contributed by atoms with van der Waals surface area (Å²) in [6.07, 6.45) is 1.20. The Hall–Kier alpha value is -1.76. The molecule has 0 bridgehead atoms. The van der Waals surface area contributed by atoms with Gasteiger partial charge >= 0.3 is 6.09 Å². The van der Waals surface area contributed by atoms with Crippen LogP contribution in [0, 0.1) is 0 Å². The smallest absolute Gasteiger partial charge is 0.409 e. The maximum atomic E-state index is 12.3. The fourth-order valence-corrected chi connectivity index (χ4v) is 3.14. The van der Waals surface area contributed by atoms with Crippen LogP contribution in [0.25, 0.3) is 0 Å². The van der Waals surface area contributed by atoms with Crippen molar-refractivity contribution in [2.75, 3.05) is 26.3 Å². The molecule has 0 aliphatic carbocycles. The Morgan fingerprint density at radius 1 is 1.32 bits per heavy atom. The lowest BCUT2D eigenvalue weighted by Gasteiger charge is -2.31. The Bertz CT molecular complexity index is 509. The summed E-state index contributed by atoms with van der Waals surface area (Å²) in [6.45, 7) is 5.81. The van der Waals surface area contributed by atoms with Gasteiger partial charge in [-0.3, -0.25) is 4.79 Å². The van der Waals surface area contributed by atoms with E-state index in [1.807, 2.05) is 18.4 Å². The summed E-state index contributed by atoms with van der Waals surface area (Å²) in [6, 6.07) is 1.89. The van der Waals surface area contributed by atoms with Gasteiger partial charge in [0.25, 0.3) is 5.91 Å². The summed E-state index contributed by atoms with van der Waals surface area (Å²) in [5.41, 5.74) is 0. The second-order valence-corrected chi connectivity index (χ2v) is 5.90. The van der Waals surface area contributed by atoms with Crippen molar-refractivity contribution >= 4 is 23.3 Å². The second kappa shape index (κ2) is 8.03. The highest BCUT2D eigenvalue weighted by atomic mass is 32.1. The average Bonchev–Trinajstić information content (AvgIpc) is 2.97. The van der Waals surface area contributed by atoms with Crippen molar-refractivity contribution in [2.45, 2.75) is 32.7 Å². The quantitative estimate of drug-likeness (QED) is 0.903. The monoisotopic (exact) mass is 326 g/mol. The minimum Gasteiger partial charge on any atom is -0.492 e. The van der Waals surface area contributed by atoms with Crippen molar-refractivity contribution in [3.8, 4) is 5.75 Å². The van der Waals surface area contributed by atoms with E-state index in [1.54, 1.807) is 11.8 Å². The number of carbonyl (C=O) groups is 2. The predicted octanol–water partition coefficient (Wildman–Crippen LogP) is 2.50. The van der Waals surface area contributed by atoms with Gasteiger partial charge in [-0.05, 0) is 38.1 Å². The number of thiophene rings is 1. The second-order valence-electron chi connectivity index (χ2n) is 4.98. The number of likely N-dealkylation sites (tertiary alicyclic amines) is 1. The molecule has 1 saturated heterocycles. The summed E-state index contributed by atoms with van der Waals surface area (Å²) in [4.78, 5) is 26.2. The normalized spacial score (nSPS) is 15.5. The first-order chi connectivity index (χ1) is 10.7. The van der Waals surface area contributed by atoms with Crippen LogP contribution in [-0.2, 0) is 4.74 Å². The summed E-state index contributed by atoms with van der Waals surface area (Å²) in [5.74, 6) is 0.530. The molecular formula is C15H22N2O4S. The number of amides is 2. The van der Waals surface area contributed by atoms with Gasteiger partial charge in [0.05, 0.1) is 13.2 Å². The van der Waals surface area contributed by atoms with Crippen LogP contribution >= 0.6 is 11.3 Å². The lowest BCUT2D eigenvalue weighted by Crippen LogP contribution is -2.46. The van der Waals surface area contributed by atoms with Gasteiger partial charge in [0, 0.05) is 19.1 Å². The topological polar surface area (TPSA) is 67.9 Å². The molecule has 1 aliphatic rings. The summed E-state index contributed by atoms with van der Waals surface area (Å²) >= 11 is 1.38. The van der Waals surface area contributed by atoms with E-state index < -0.39 is 0 Å². The molecule has 2 heterocycles. The zero-order chi connectivity index (χ0) is 15.9. The lowest BCUT2D eigenvalue weighted by atomic mass is 10.1. The minimum atomic E-state index is -0.274. The number of hydrogen-bond donors (Lipinski definition) is 1. The minimum absolute atomic E-state index is 0.0785. The molecule has 1 aromatic rings. The Morgan fingerprint density at radius 2 is 2.05 bits per heavy atom. The van der Waals surface area contributed by atoms with Crippen molar-refractivity contribution in [3.63, 3.8) is 0 Å². The van der Waals surface area contributed by atoms with Crippen LogP contribution in [-0.4, -0.2) is 49.2 Å². The Labute approximate surface area is 134 Å². The lowest BCUT2D eigenvalue weighted by molar-refractivity contribution is 0.0861. The maximum absolute atomic E-state index is 12.3. The first-order valence-corrected chi connectivity index (χ1v) is 8.46. The predicted molar refractivity (Wildman–Crippen MR) is 84.6 cm³/mol. The standard InChI is InChI=1S/C15H22N2O4S/c1-3-20-12-7-10-22-13(12)14(18)16-11-5-8-17(9-6-11)15(19)21-4-2/h7,10-11H,3-6,8-9H2,1-2H3,(H,16,18). The molecule has 0 radical (unpaired) electrons. The first-order valence-electron chi connectivity index (χ1n) is 7.58. The van der Waals surface area contributed by atoms with Crippen molar-refractivity contribution in [1.29, 1.82) is 0 Å². The number of piperidine rings is 1. The van der Waals surface area contributed by atoms with E-state index in [0.29, 0.717) is 36.9 Å². The summed E-state index contributed by atoms with van der Waals surface area (Å²) in [5, 5.41) is 4.87. The zero-order valence-corrected chi connectivity index (χ0v) is 13.8. The molecule has 2 amide bonds. The van der Waals surface area contributed by atoms with Gasteiger partial charge in [0.2, 0.25) is 0 Å². The molecule has 1 aliphatic heterocycles. The molecule has 1 aromatic heterocycles. The van der Waals surface area contributed by atoms with Crippen LogP contribution in [0.1, 0.15) is 36.4 Å². The molecule has 1 N–H and O–H groups in total. The average molecular weight is 326 g/mol. The highest BCUT2D eigenvalue weighted by Gasteiger charge is 2.25. The first kappa shape index (κ1) is 16.6. The van der Waals surface area contributed by atoms with Crippen LogP contribution in [0.5, 0.6) is 5.75 Å². The largest absolute Gasteiger partial charge is 0.492 e. The van der Waals surface area contributed by atoms with E-state index in [0.717, 1.165) is 12.8 Å². The molecule has 7 heteroatoms. The SMILES string of the molecule is CCOC(=O)N1CCC(NC(=O)c2sccc2OCC)CC1. The molecular weight excluding hydrogens is 304 g/mol. The Kier molecular flexibility index (Phi) is 6.06. The van der Waals surface area contributed by atoms with Crippen molar-refractivity contribution in [1.82, 2.24) is 10.2 Å². The van der Waals surface area contributed by atoms with E-state index in [2.05, 4.69) is 5.32 Å². The summed E-state index contributed by atoms with van der Waals surface area (Å²) in [7, 11) is 0. The Morgan fingerprint density at radius 3 is 2.68 bits per heavy atom. The van der Waals surface area contributed by atoms with Gasteiger partial charge in [-0.25, -0.2) is 4.79 Å². The highest BCUT2D eigenvalue weighted by Crippen LogP contribution is 2.25. The van der Waals surface area contributed by atoms with Crippen LogP contribution in [0.4, 0.5) is 4.79 Å². The van der Waals surface area contributed by atoms with E-state index in [1.165, 1.54) is 11.3 Å². The third-order valence-electron chi connectivity index (χ3n) is 3.49. The van der Waals surface area contributed by atoms with E-state index >= 15 is 0 Å². The number of carbonyl (C=O) groups excluding carboxylic acids is 2. The number of nitrogens with zero attached hydrogens (tertiary/aromatic N) is 1. The third-order valence-corrected chi connectivity index (χ3v) is 4.39. The van der Waals surface area contributed by atoms with Crippen molar-refractivity contribution in [2.24, 2.45) is 0 Å². The van der Waals surface area contributed by atoms with Crippen LogP contribution in [0.3, 0.4) is 0 Å². The molecule has 122 valence electrons. The number of rotatable bonds is 5. The van der Waals surface area contributed by atoms with Gasteiger partial charge in [-0.15, -0.1) is 11.3 Å². The molecule has 6 nitrogen and oxygen atoms in total. The fourth-order valence-electron chi connectivity index (χ4n) is 2.40. The molecule has 22 heavy (non-hydrogen) atoms. The van der Waals surface area contributed by atoms with E-state index in [9.17, 15) is 9.59 Å². The van der Waals surface area contributed by atoms with Gasteiger partial charge in [-0.1, -0.05) is 0 Å². The van der Waals surface area contributed by atoms with Crippen LogP contribution in [0.15, 0.2) is 11.4 Å². The molecule has 0 saturated carbocycles. The molecule has 2 rings (SSSR count). The third kappa shape index (κ3) is 4.13. The van der Waals surface area contributed by atoms with Gasteiger partial charge in [0.15, 0.2) is 0 Å². The van der Waals surface area contributed by atoms with Crippen molar-refractivity contribution in [3.05, 3.63) is 16.3 Å². The Balaban J connectivity index is 1.84. The van der Waals surface area contributed by atoms with Crippen LogP contribution < -0.4 is 10.1 Å². The summed E-state index contributed by atoms with van der Waals surface area (Å²) < 4.78 is 10.4. The number of hydrogen-bond acceptors (Lipinski definition) is 5. The highest BCUT2D eigenvalue weighted by molar-refractivity contribution is 7.12. The van der Waals surface area contributed by atoms with Crippen LogP contribution in [0.2, 0.25) is 0 Å². The van der Waals surface area contributed by atoms with Crippen molar-refractivity contribution < 1.29 is 19.1 Å². The van der Waals surface area contributed by atoms with Gasteiger partial charge < -0.3 is 19.7 Å². The fraction of sp³-hybridized carbons (Fsp3) is 0.600. The number of nitrogens with one attached hydrogen (secondary N) is 1. The molecule has 0 atom stereocenters. The molecule has 1 fully saturated rings. The van der Waals surface area contributed by atoms with E-state index in [4.69, 9.17) is 9.47 Å². The molecule has 0 spiro atoms. The molecule has 0 unspecified atom stereocenters. The zero-order valence-electron chi connectivity index (χ0n) is 13.0. The van der Waals surface area contributed by atoms with Gasteiger partial charge in [0.1, 0.15) is 10.6 Å². The maximum Gasteiger partial charge on any atom is 0.409 e. The molecule has 0 aromatic carbocycles. The number of ether oxygens (including phenoxy) is 2. The van der Waals surface area contributed by atoms with Gasteiger partial charge in [-0.2, -0.15) is 0 Å². The van der Waals surface area contributed by atoms with E-state index in [-0.39, 0.29) is 18.0 Å².